The highest BCUT2D eigenvalue weighted by molar-refractivity contribution is 7.23. The molecule has 0 atom stereocenters. The number of thiazole rings is 1. The summed E-state index contributed by atoms with van der Waals surface area (Å²) in [5, 5.41) is 5.32. The molecular formula is C24H19N5O3S. The van der Waals surface area contributed by atoms with Crippen LogP contribution in [0.15, 0.2) is 67.0 Å². The zero-order valence-corrected chi connectivity index (χ0v) is 18.6. The summed E-state index contributed by atoms with van der Waals surface area (Å²) in [7, 11) is 1.56. The highest BCUT2D eigenvalue weighted by Crippen LogP contribution is 2.33. The first-order chi connectivity index (χ1) is 16.0. The molecular weight excluding hydrogens is 438 g/mol. The van der Waals surface area contributed by atoms with Gasteiger partial charge in [0.05, 0.1) is 15.9 Å². The molecule has 2 amide bonds. The smallest absolute Gasteiger partial charge is 0.269 e. The van der Waals surface area contributed by atoms with Crippen molar-refractivity contribution < 1.29 is 14.3 Å². The maximum Gasteiger partial charge on any atom is 0.269 e. The van der Waals surface area contributed by atoms with Crippen LogP contribution in [0.5, 0.6) is 11.5 Å². The summed E-state index contributed by atoms with van der Waals surface area (Å²) in [4.78, 5) is 32.7. The van der Waals surface area contributed by atoms with Crippen molar-refractivity contribution in [1.82, 2.24) is 19.7 Å². The van der Waals surface area contributed by atoms with Gasteiger partial charge in [0.25, 0.3) is 5.91 Å². The van der Waals surface area contributed by atoms with Gasteiger partial charge in [0.2, 0.25) is 5.91 Å². The molecule has 164 valence electrons. The van der Waals surface area contributed by atoms with E-state index in [2.05, 4.69) is 20.0 Å². The molecule has 9 heteroatoms. The minimum atomic E-state index is -0.268. The van der Waals surface area contributed by atoms with E-state index in [0.717, 1.165) is 32.1 Å². The van der Waals surface area contributed by atoms with E-state index in [4.69, 9.17) is 9.72 Å². The number of nitrogens with one attached hydrogen (secondary N) is 2. The number of benzene rings is 2. The summed E-state index contributed by atoms with van der Waals surface area (Å²) >= 11 is 1.56. The second kappa shape index (κ2) is 8.36. The molecule has 3 heterocycles. The van der Waals surface area contributed by atoms with Crippen LogP contribution in [0.25, 0.3) is 26.4 Å². The summed E-state index contributed by atoms with van der Waals surface area (Å²) in [5.41, 5.74) is 3.90. The standard InChI is InChI=1S/C24H19N5O3S/c1-14(30)27-16-5-3-15(4-6-16)20-13-29-21-8-7-17(12-22(21)33-24(29)28-20)32-18-9-10-26-19(11-18)23(31)25-2/h3-13H,1-2H3,(H,25,31)(H,27,30). The summed E-state index contributed by atoms with van der Waals surface area (Å²) in [5.74, 6) is 0.830. The van der Waals surface area contributed by atoms with Crippen molar-refractivity contribution in [2.24, 2.45) is 0 Å². The molecule has 0 saturated carbocycles. The number of rotatable bonds is 5. The van der Waals surface area contributed by atoms with E-state index < -0.39 is 0 Å². The van der Waals surface area contributed by atoms with Gasteiger partial charge in [-0.05, 0) is 30.3 Å². The van der Waals surface area contributed by atoms with Crippen LogP contribution in [-0.4, -0.2) is 33.2 Å². The lowest BCUT2D eigenvalue weighted by Crippen LogP contribution is -2.18. The predicted octanol–water partition coefficient (Wildman–Crippen LogP) is 4.72. The van der Waals surface area contributed by atoms with Crippen molar-refractivity contribution >= 4 is 44.0 Å². The summed E-state index contributed by atoms with van der Waals surface area (Å²) in [6.07, 6.45) is 3.54. The van der Waals surface area contributed by atoms with Gasteiger partial charge in [0.1, 0.15) is 17.2 Å². The molecule has 5 aromatic rings. The Morgan fingerprint density at radius 3 is 2.58 bits per heavy atom. The topological polar surface area (TPSA) is 97.6 Å². The van der Waals surface area contributed by atoms with E-state index in [1.165, 1.54) is 6.92 Å². The van der Waals surface area contributed by atoms with Gasteiger partial charge in [-0.3, -0.25) is 19.0 Å². The van der Waals surface area contributed by atoms with Crippen LogP contribution in [0.2, 0.25) is 0 Å². The number of pyridine rings is 1. The Hall–Kier alpha value is -4.24. The van der Waals surface area contributed by atoms with Crippen molar-refractivity contribution in [3.05, 3.63) is 72.7 Å². The van der Waals surface area contributed by atoms with Crippen LogP contribution in [0.4, 0.5) is 5.69 Å². The molecule has 0 bridgehead atoms. The third-order valence-electron chi connectivity index (χ3n) is 4.99. The first kappa shape index (κ1) is 20.7. The van der Waals surface area contributed by atoms with Crippen LogP contribution < -0.4 is 15.4 Å². The number of imidazole rings is 1. The Labute approximate surface area is 192 Å². The average Bonchev–Trinajstić information content (AvgIpc) is 3.36. The van der Waals surface area contributed by atoms with Crippen molar-refractivity contribution in [1.29, 1.82) is 0 Å². The van der Waals surface area contributed by atoms with E-state index in [9.17, 15) is 9.59 Å². The third-order valence-corrected chi connectivity index (χ3v) is 6.01. The molecule has 3 aromatic heterocycles. The zero-order valence-electron chi connectivity index (χ0n) is 17.8. The molecule has 5 rings (SSSR count). The molecule has 0 aliphatic rings. The number of hydrogen-bond donors (Lipinski definition) is 2. The fraction of sp³-hybridized carbons (Fsp3) is 0.0833. The lowest BCUT2D eigenvalue weighted by Gasteiger charge is -2.07. The number of carbonyl (C=O) groups excluding carboxylic acids is 2. The van der Waals surface area contributed by atoms with Crippen LogP contribution in [0.1, 0.15) is 17.4 Å². The second-order valence-corrected chi connectivity index (χ2v) is 8.34. The van der Waals surface area contributed by atoms with Gasteiger partial charge in [-0.15, -0.1) is 0 Å². The van der Waals surface area contributed by atoms with Crippen molar-refractivity contribution in [2.75, 3.05) is 12.4 Å². The molecule has 2 N–H and O–H groups in total. The van der Waals surface area contributed by atoms with Gasteiger partial charge < -0.3 is 15.4 Å². The summed E-state index contributed by atoms with van der Waals surface area (Å²) < 4.78 is 9.04. The molecule has 33 heavy (non-hydrogen) atoms. The number of nitrogens with zero attached hydrogens (tertiary/aromatic N) is 3. The Morgan fingerprint density at radius 1 is 1.03 bits per heavy atom. The second-order valence-electron chi connectivity index (χ2n) is 7.33. The molecule has 0 radical (unpaired) electrons. The number of aromatic nitrogens is 3. The number of hydrogen-bond acceptors (Lipinski definition) is 6. The van der Waals surface area contributed by atoms with E-state index >= 15 is 0 Å². The van der Waals surface area contributed by atoms with Crippen molar-refractivity contribution in [3.8, 4) is 22.8 Å². The molecule has 0 spiro atoms. The summed E-state index contributed by atoms with van der Waals surface area (Å²) in [6, 6.07) is 16.7. The van der Waals surface area contributed by atoms with E-state index in [-0.39, 0.29) is 11.8 Å². The van der Waals surface area contributed by atoms with E-state index in [1.54, 1.807) is 36.7 Å². The van der Waals surface area contributed by atoms with Gasteiger partial charge in [0.15, 0.2) is 4.96 Å². The van der Waals surface area contributed by atoms with Gasteiger partial charge in [0, 0.05) is 49.7 Å². The largest absolute Gasteiger partial charge is 0.457 e. The number of anilines is 1. The number of carbonyl (C=O) groups is 2. The molecule has 8 nitrogen and oxygen atoms in total. The zero-order chi connectivity index (χ0) is 22.9. The normalized spacial score (nSPS) is 11.0. The van der Waals surface area contributed by atoms with Gasteiger partial charge in [-0.2, -0.15) is 0 Å². The maximum atomic E-state index is 11.8. The molecule has 0 aliphatic carbocycles. The lowest BCUT2D eigenvalue weighted by atomic mass is 10.1. The van der Waals surface area contributed by atoms with E-state index in [1.807, 2.05) is 48.7 Å². The monoisotopic (exact) mass is 457 g/mol. The fourth-order valence-electron chi connectivity index (χ4n) is 3.47. The van der Waals surface area contributed by atoms with Crippen LogP contribution in [-0.2, 0) is 4.79 Å². The molecule has 0 unspecified atom stereocenters. The molecule has 2 aromatic carbocycles. The minimum absolute atomic E-state index is 0.101. The van der Waals surface area contributed by atoms with Gasteiger partial charge in [-0.25, -0.2) is 4.98 Å². The van der Waals surface area contributed by atoms with Crippen LogP contribution in [0, 0.1) is 0 Å². The SMILES string of the molecule is CNC(=O)c1cc(Oc2ccc3c(c2)sc2nc(-c4ccc(NC(C)=O)cc4)cn23)ccn1. The Bertz CT molecular complexity index is 1500. The van der Waals surface area contributed by atoms with Gasteiger partial charge in [-0.1, -0.05) is 23.5 Å². The molecule has 0 fully saturated rings. The quantitative estimate of drug-likeness (QED) is 0.398. The minimum Gasteiger partial charge on any atom is -0.457 e. The Morgan fingerprint density at radius 2 is 1.82 bits per heavy atom. The third kappa shape index (κ3) is 4.13. The number of ether oxygens (including phenoxy) is 1. The first-order valence-corrected chi connectivity index (χ1v) is 11.0. The van der Waals surface area contributed by atoms with Crippen LogP contribution in [0.3, 0.4) is 0 Å². The van der Waals surface area contributed by atoms with E-state index in [0.29, 0.717) is 17.2 Å². The lowest BCUT2D eigenvalue weighted by molar-refractivity contribution is -0.114. The predicted molar refractivity (Wildman–Crippen MR) is 128 cm³/mol. The van der Waals surface area contributed by atoms with Crippen molar-refractivity contribution in [3.63, 3.8) is 0 Å². The Kier molecular flexibility index (Phi) is 5.23. The first-order valence-electron chi connectivity index (χ1n) is 10.2. The average molecular weight is 458 g/mol. The molecule has 0 saturated heterocycles. The molecule has 0 aliphatic heterocycles. The maximum absolute atomic E-state index is 11.8. The summed E-state index contributed by atoms with van der Waals surface area (Å²) in [6.45, 7) is 1.48. The van der Waals surface area contributed by atoms with Gasteiger partial charge >= 0.3 is 0 Å². The highest BCUT2D eigenvalue weighted by atomic mass is 32.1. The van der Waals surface area contributed by atoms with Crippen molar-refractivity contribution in [2.45, 2.75) is 6.92 Å². The number of amides is 2. The highest BCUT2D eigenvalue weighted by Gasteiger charge is 2.12. The number of fused-ring (bicyclic) bond motifs is 3. The fourth-order valence-corrected chi connectivity index (χ4v) is 4.51. The Balaban J connectivity index is 1.41. The van der Waals surface area contributed by atoms with Crippen LogP contribution >= 0.6 is 11.3 Å².